The maximum atomic E-state index is 11.6. The molecule has 3 N–H and O–H groups in total. The fourth-order valence-electron chi connectivity index (χ4n) is 1.35. The van der Waals surface area contributed by atoms with Gasteiger partial charge in [0.15, 0.2) is 11.9 Å². The Kier molecular flexibility index (Phi) is 5.22. The average Bonchev–Trinajstić information content (AvgIpc) is 2.33. The average molecular weight is 359 g/mol. The van der Waals surface area contributed by atoms with Crippen molar-refractivity contribution in [3.05, 3.63) is 21.3 Å². The number of halogens is 1. The molecule has 0 aliphatic heterocycles. The second-order valence-electron chi connectivity index (χ2n) is 3.64. The van der Waals surface area contributed by atoms with Crippen molar-refractivity contribution >= 4 is 34.2 Å². The van der Waals surface area contributed by atoms with Gasteiger partial charge in [-0.15, -0.1) is 0 Å². The van der Waals surface area contributed by atoms with Crippen LogP contribution in [0.4, 0.5) is 5.69 Å². The third-order valence-corrected chi connectivity index (χ3v) is 3.02. The van der Waals surface area contributed by atoms with Gasteiger partial charge in [0.05, 0.1) is 20.9 Å². The Hall–Kier alpha value is -1.49. The van der Waals surface area contributed by atoms with Crippen molar-refractivity contribution in [2.45, 2.75) is 20.0 Å². The third-order valence-electron chi connectivity index (χ3n) is 2.22. The lowest BCUT2D eigenvalue weighted by Gasteiger charge is -2.17. The number of ether oxygens (including phenoxy) is 1. The van der Waals surface area contributed by atoms with Crippen molar-refractivity contribution < 1.29 is 9.53 Å². The summed E-state index contributed by atoms with van der Waals surface area (Å²) in [4.78, 5) is 11.6. The molecule has 1 unspecified atom stereocenters. The van der Waals surface area contributed by atoms with Gasteiger partial charge >= 0.3 is 0 Å². The Morgan fingerprint density at radius 2 is 2.33 bits per heavy atom. The molecule has 1 amide bonds. The van der Waals surface area contributed by atoms with Gasteiger partial charge in [-0.2, -0.15) is 5.26 Å². The SMILES string of the molecule is CCNC(=O)C(C)Oc1c(N)cc(C#N)cc1I. The quantitative estimate of drug-likeness (QED) is 0.632. The topological polar surface area (TPSA) is 88.1 Å². The van der Waals surface area contributed by atoms with E-state index in [4.69, 9.17) is 15.7 Å². The van der Waals surface area contributed by atoms with E-state index in [0.29, 0.717) is 27.1 Å². The van der Waals surface area contributed by atoms with Crippen LogP contribution in [0.1, 0.15) is 19.4 Å². The molecule has 0 spiro atoms. The van der Waals surface area contributed by atoms with Gasteiger partial charge in [0, 0.05) is 6.54 Å². The van der Waals surface area contributed by atoms with Crippen LogP contribution >= 0.6 is 22.6 Å². The number of nitrogens with one attached hydrogen (secondary N) is 1. The van der Waals surface area contributed by atoms with Crippen molar-refractivity contribution in [3.8, 4) is 11.8 Å². The van der Waals surface area contributed by atoms with Gasteiger partial charge in [-0.25, -0.2) is 0 Å². The molecular weight excluding hydrogens is 345 g/mol. The van der Waals surface area contributed by atoms with Gasteiger partial charge in [-0.3, -0.25) is 4.79 Å². The molecule has 1 aromatic rings. The minimum Gasteiger partial charge on any atom is -0.478 e. The van der Waals surface area contributed by atoms with Crippen molar-refractivity contribution in [2.24, 2.45) is 0 Å². The Bertz CT molecular complexity index is 474. The number of carbonyl (C=O) groups is 1. The number of hydrogen-bond donors (Lipinski definition) is 2. The van der Waals surface area contributed by atoms with Crippen LogP contribution in [0.25, 0.3) is 0 Å². The van der Waals surface area contributed by atoms with Crippen molar-refractivity contribution in [3.63, 3.8) is 0 Å². The van der Waals surface area contributed by atoms with Gasteiger partial charge in [-0.05, 0) is 48.6 Å². The van der Waals surface area contributed by atoms with Gasteiger partial charge in [0.25, 0.3) is 5.91 Å². The number of nitriles is 1. The number of anilines is 1. The van der Waals surface area contributed by atoms with Crippen LogP contribution in [-0.2, 0) is 4.79 Å². The highest BCUT2D eigenvalue weighted by atomic mass is 127. The van der Waals surface area contributed by atoms with E-state index in [1.54, 1.807) is 13.0 Å². The highest BCUT2D eigenvalue weighted by Crippen LogP contribution is 2.30. The molecule has 6 heteroatoms. The Morgan fingerprint density at radius 1 is 1.67 bits per heavy atom. The summed E-state index contributed by atoms with van der Waals surface area (Å²) >= 11 is 2.03. The summed E-state index contributed by atoms with van der Waals surface area (Å²) in [5.74, 6) is 0.241. The summed E-state index contributed by atoms with van der Waals surface area (Å²) in [6, 6.07) is 5.21. The number of benzene rings is 1. The van der Waals surface area contributed by atoms with E-state index >= 15 is 0 Å². The summed E-state index contributed by atoms with van der Waals surface area (Å²) < 4.78 is 6.24. The molecule has 0 saturated carbocycles. The Balaban J connectivity index is 2.92. The lowest BCUT2D eigenvalue weighted by atomic mass is 10.2. The minimum absolute atomic E-state index is 0.197. The first kappa shape index (κ1) is 14.6. The first-order valence-electron chi connectivity index (χ1n) is 5.43. The summed E-state index contributed by atoms with van der Waals surface area (Å²) in [6.07, 6.45) is -0.631. The zero-order chi connectivity index (χ0) is 13.7. The second-order valence-corrected chi connectivity index (χ2v) is 4.81. The first-order chi connectivity index (χ1) is 8.49. The minimum atomic E-state index is -0.631. The summed E-state index contributed by atoms with van der Waals surface area (Å²) in [5, 5.41) is 11.5. The maximum Gasteiger partial charge on any atom is 0.260 e. The molecule has 1 rings (SSSR count). The lowest BCUT2D eigenvalue weighted by molar-refractivity contribution is -0.127. The van der Waals surface area contributed by atoms with E-state index in [0.717, 1.165) is 0 Å². The normalized spacial score (nSPS) is 11.4. The van der Waals surface area contributed by atoms with E-state index in [1.807, 2.05) is 35.6 Å². The molecule has 0 aliphatic rings. The number of likely N-dealkylation sites (N-methyl/N-ethyl adjacent to an activating group) is 1. The number of carbonyl (C=O) groups excluding carboxylic acids is 1. The summed E-state index contributed by atoms with van der Waals surface area (Å²) in [6.45, 7) is 4.04. The fraction of sp³-hybridized carbons (Fsp3) is 0.333. The van der Waals surface area contributed by atoms with Crippen LogP contribution in [0, 0.1) is 14.9 Å². The van der Waals surface area contributed by atoms with Crippen LogP contribution in [-0.4, -0.2) is 18.6 Å². The molecule has 0 bridgehead atoms. The highest BCUT2D eigenvalue weighted by Gasteiger charge is 2.17. The largest absolute Gasteiger partial charge is 0.478 e. The first-order valence-corrected chi connectivity index (χ1v) is 6.51. The van der Waals surface area contributed by atoms with Crippen LogP contribution in [0.2, 0.25) is 0 Å². The standard InChI is InChI=1S/C12H14IN3O2/c1-3-16-12(17)7(2)18-11-9(13)4-8(6-14)5-10(11)15/h4-5,7H,3,15H2,1-2H3,(H,16,17). The van der Waals surface area contributed by atoms with E-state index < -0.39 is 6.10 Å². The second kappa shape index (κ2) is 6.44. The van der Waals surface area contributed by atoms with Gasteiger partial charge in [-0.1, -0.05) is 0 Å². The smallest absolute Gasteiger partial charge is 0.260 e. The van der Waals surface area contributed by atoms with Gasteiger partial charge < -0.3 is 15.8 Å². The van der Waals surface area contributed by atoms with Crippen molar-refractivity contribution in [2.75, 3.05) is 12.3 Å². The molecule has 96 valence electrons. The third kappa shape index (κ3) is 3.50. The van der Waals surface area contributed by atoms with Crippen LogP contribution < -0.4 is 15.8 Å². The van der Waals surface area contributed by atoms with Crippen molar-refractivity contribution in [1.82, 2.24) is 5.32 Å². The number of rotatable bonds is 4. The number of hydrogen-bond acceptors (Lipinski definition) is 4. The number of nitrogens with zero attached hydrogens (tertiary/aromatic N) is 1. The summed E-state index contributed by atoms with van der Waals surface area (Å²) in [7, 11) is 0. The van der Waals surface area contributed by atoms with Crippen LogP contribution in [0.15, 0.2) is 12.1 Å². The Labute approximate surface area is 119 Å². The molecule has 18 heavy (non-hydrogen) atoms. The van der Waals surface area contributed by atoms with E-state index in [9.17, 15) is 4.79 Å². The number of nitrogens with two attached hydrogens (primary N) is 1. The highest BCUT2D eigenvalue weighted by molar-refractivity contribution is 14.1. The molecule has 0 saturated heterocycles. The van der Waals surface area contributed by atoms with Crippen LogP contribution in [0.5, 0.6) is 5.75 Å². The number of nitrogen functional groups attached to an aromatic ring is 1. The zero-order valence-corrected chi connectivity index (χ0v) is 12.3. The monoisotopic (exact) mass is 359 g/mol. The lowest BCUT2D eigenvalue weighted by Crippen LogP contribution is -2.36. The van der Waals surface area contributed by atoms with E-state index in [1.165, 1.54) is 6.07 Å². The molecule has 1 atom stereocenters. The molecule has 0 fully saturated rings. The fourth-order valence-corrected chi connectivity index (χ4v) is 2.13. The maximum absolute atomic E-state index is 11.6. The predicted octanol–water partition coefficient (Wildman–Crippen LogP) is 1.65. The Morgan fingerprint density at radius 3 is 2.83 bits per heavy atom. The molecule has 0 aromatic heterocycles. The molecule has 0 aliphatic carbocycles. The molecular formula is C12H14IN3O2. The summed E-state index contributed by atoms with van der Waals surface area (Å²) in [5.41, 5.74) is 6.63. The zero-order valence-electron chi connectivity index (χ0n) is 10.2. The molecule has 5 nitrogen and oxygen atoms in total. The van der Waals surface area contributed by atoms with Gasteiger partial charge in [0.1, 0.15) is 0 Å². The van der Waals surface area contributed by atoms with E-state index in [2.05, 4.69) is 5.32 Å². The molecule has 0 heterocycles. The number of amides is 1. The van der Waals surface area contributed by atoms with Gasteiger partial charge in [0.2, 0.25) is 0 Å². The van der Waals surface area contributed by atoms with Crippen molar-refractivity contribution in [1.29, 1.82) is 5.26 Å². The van der Waals surface area contributed by atoms with Crippen LogP contribution in [0.3, 0.4) is 0 Å². The molecule has 0 radical (unpaired) electrons. The predicted molar refractivity (Wildman–Crippen MR) is 77.1 cm³/mol. The van der Waals surface area contributed by atoms with E-state index in [-0.39, 0.29) is 5.91 Å². The molecule has 1 aromatic carbocycles.